The molecule has 128 valence electrons. The summed E-state index contributed by atoms with van der Waals surface area (Å²) < 4.78 is 11.4. The summed E-state index contributed by atoms with van der Waals surface area (Å²) in [5, 5.41) is 11.3. The van der Waals surface area contributed by atoms with Crippen molar-refractivity contribution in [3.8, 4) is 11.5 Å². The maximum atomic E-state index is 11.5. The average Bonchev–Trinajstić information content (AvgIpc) is 3.08. The molecule has 0 spiro atoms. The Morgan fingerprint density at radius 3 is 2.67 bits per heavy atom. The summed E-state index contributed by atoms with van der Waals surface area (Å²) in [7, 11) is 0. The van der Waals surface area contributed by atoms with Gasteiger partial charge in [0.05, 0.1) is 18.8 Å². The van der Waals surface area contributed by atoms with Crippen LogP contribution in [-0.2, 0) is 4.79 Å². The van der Waals surface area contributed by atoms with Crippen LogP contribution in [0.3, 0.4) is 0 Å². The van der Waals surface area contributed by atoms with Crippen LogP contribution in [0.5, 0.6) is 11.5 Å². The van der Waals surface area contributed by atoms with Crippen molar-refractivity contribution in [1.29, 1.82) is 0 Å². The van der Waals surface area contributed by atoms with Gasteiger partial charge in [-0.2, -0.15) is 0 Å². The smallest absolute Gasteiger partial charge is 0.337 e. The summed E-state index contributed by atoms with van der Waals surface area (Å²) in [6.45, 7) is 5.18. The second-order valence-corrected chi connectivity index (χ2v) is 6.13. The Balaban J connectivity index is 2.31. The zero-order valence-electron chi connectivity index (χ0n) is 14.0. The number of unbranched alkanes of at least 4 members (excludes halogenated alkanes) is 1. The molecule has 0 fully saturated rings. The molecule has 4 nitrogen and oxygen atoms in total. The van der Waals surface area contributed by atoms with Crippen LogP contribution in [0.4, 0.5) is 0 Å². The monoisotopic (exact) mass is 346 g/mol. The average molecular weight is 346 g/mol. The van der Waals surface area contributed by atoms with Crippen LogP contribution in [0, 0.1) is 0 Å². The van der Waals surface area contributed by atoms with Gasteiger partial charge in [-0.15, -0.1) is 11.3 Å². The second kappa shape index (κ2) is 9.13. The number of carbonyl (C=O) groups is 1. The molecule has 1 heterocycles. The van der Waals surface area contributed by atoms with E-state index in [1.165, 1.54) is 11.3 Å². The second-order valence-electron chi connectivity index (χ2n) is 5.18. The lowest BCUT2D eigenvalue weighted by Crippen LogP contribution is -2.01. The number of carboxylic acids is 1. The van der Waals surface area contributed by atoms with Gasteiger partial charge in [0.1, 0.15) is 0 Å². The fourth-order valence-electron chi connectivity index (χ4n) is 2.17. The van der Waals surface area contributed by atoms with Gasteiger partial charge < -0.3 is 14.6 Å². The Kier molecular flexibility index (Phi) is 6.88. The largest absolute Gasteiger partial charge is 0.490 e. The normalized spacial score (nSPS) is 11.3. The Morgan fingerprint density at radius 2 is 2.04 bits per heavy atom. The fraction of sp³-hybridized carbons (Fsp3) is 0.316. The predicted octanol–water partition coefficient (Wildman–Crippen LogP) is 4.95. The number of rotatable bonds is 9. The Bertz CT molecular complexity index is 689. The maximum absolute atomic E-state index is 11.5. The molecule has 0 saturated heterocycles. The summed E-state index contributed by atoms with van der Waals surface area (Å²) in [6, 6.07) is 9.14. The van der Waals surface area contributed by atoms with E-state index >= 15 is 0 Å². The zero-order valence-corrected chi connectivity index (χ0v) is 14.8. The van der Waals surface area contributed by atoms with Gasteiger partial charge in [0.25, 0.3) is 0 Å². The molecule has 2 aromatic rings. The number of hydrogen-bond donors (Lipinski definition) is 1. The van der Waals surface area contributed by atoms with Crippen molar-refractivity contribution in [3.05, 3.63) is 46.2 Å². The minimum Gasteiger partial charge on any atom is -0.490 e. The first kappa shape index (κ1) is 18.1. The standard InChI is InChI=1S/C19H22O4S/c1-3-5-10-23-16-9-8-14(13-17(16)22-4-2)12-15(19(20)21)18-7-6-11-24-18/h6-9,11-13H,3-5,10H2,1-2H3,(H,20,21)/b15-12-. The van der Waals surface area contributed by atoms with E-state index in [4.69, 9.17) is 9.47 Å². The minimum atomic E-state index is -0.946. The molecule has 0 aliphatic heterocycles. The van der Waals surface area contributed by atoms with E-state index in [0.717, 1.165) is 23.3 Å². The highest BCUT2D eigenvalue weighted by atomic mass is 32.1. The van der Waals surface area contributed by atoms with Gasteiger partial charge in [-0.3, -0.25) is 0 Å². The number of ether oxygens (including phenoxy) is 2. The van der Waals surface area contributed by atoms with Gasteiger partial charge in [-0.25, -0.2) is 4.79 Å². The first-order chi connectivity index (χ1) is 11.7. The molecule has 0 saturated carbocycles. The molecule has 24 heavy (non-hydrogen) atoms. The molecule has 0 aliphatic rings. The molecule has 1 N–H and O–H groups in total. The highest BCUT2D eigenvalue weighted by Gasteiger charge is 2.13. The fourth-order valence-corrected chi connectivity index (χ4v) is 2.90. The van der Waals surface area contributed by atoms with Crippen molar-refractivity contribution < 1.29 is 19.4 Å². The molecular weight excluding hydrogens is 324 g/mol. The summed E-state index contributed by atoms with van der Waals surface area (Å²) in [5.74, 6) is 0.382. The van der Waals surface area contributed by atoms with Crippen LogP contribution in [0.15, 0.2) is 35.7 Å². The van der Waals surface area contributed by atoms with E-state index < -0.39 is 5.97 Å². The van der Waals surface area contributed by atoms with Gasteiger partial charge in [0, 0.05) is 4.88 Å². The number of benzene rings is 1. The third-order valence-corrected chi connectivity index (χ3v) is 4.25. The third-order valence-electron chi connectivity index (χ3n) is 3.35. The quantitative estimate of drug-likeness (QED) is 0.515. The van der Waals surface area contributed by atoms with Crippen molar-refractivity contribution in [2.24, 2.45) is 0 Å². The van der Waals surface area contributed by atoms with E-state index in [-0.39, 0.29) is 5.57 Å². The topological polar surface area (TPSA) is 55.8 Å². The molecule has 0 unspecified atom stereocenters. The summed E-state index contributed by atoms with van der Waals surface area (Å²) >= 11 is 1.40. The first-order valence-corrected chi connectivity index (χ1v) is 8.92. The highest BCUT2D eigenvalue weighted by molar-refractivity contribution is 7.11. The molecule has 1 aromatic heterocycles. The van der Waals surface area contributed by atoms with E-state index in [1.807, 2.05) is 36.6 Å². The molecule has 5 heteroatoms. The van der Waals surface area contributed by atoms with Crippen molar-refractivity contribution >= 4 is 29.0 Å². The Hall–Kier alpha value is -2.27. The molecule has 0 amide bonds. The molecule has 0 radical (unpaired) electrons. The van der Waals surface area contributed by atoms with E-state index in [9.17, 15) is 9.90 Å². The van der Waals surface area contributed by atoms with E-state index in [1.54, 1.807) is 12.1 Å². The minimum absolute atomic E-state index is 0.270. The molecular formula is C19H22O4S. The van der Waals surface area contributed by atoms with Crippen molar-refractivity contribution in [1.82, 2.24) is 0 Å². The van der Waals surface area contributed by atoms with Crippen LogP contribution in [0.1, 0.15) is 37.1 Å². The van der Waals surface area contributed by atoms with Gasteiger partial charge in [0.15, 0.2) is 11.5 Å². The lowest BCUT2D eigenvalue weighted by atomic mass is 10.1. The summed E-state index contributed by atoms with van der Waals surface area (Å²) in [5.41, 5.74) is 1.04. The molecule has 0 bridgehead atoms. The lowest BCUT2D eigenvalue weighted by Gasteiger charge is -2.12. The summed E-state index contributed by atoms with van der Waals surface area (Å²) in [6.07, 6.45) is 3.70. The van der Waals surface area contributed by atoms with Crippen LogP contribution >= 0.6 is 11.3 Å². The highest BCUT2D eigenvalue weighted by Crippen LogP contribution is 2.31. The van der Waals surface area contributed by atoms with Crippen LogP contribution in [0.2, 0.25) is 0 Å². The van der Waals surface area contributed by atoms with Gasteiger partial charge in [0.2, 0.25) is 0 Å². The number of carboxylic acid groups (broad SMARTS) is 1. The maximum Gasteiger partial charge on any atom is 0.337 e. The Morgan fingerprint density at radius 1 is 1.21 bits per heavy atom. The van der Waals surface area contributed by atoms with E-state index in [2.05, 4.69) is 6.92 Å². The van der Waals surface area contributed by atoms with Gasteiger partial charge >= 0.3 is 5.97 Å². The molecule has 0 aliphatic carbocycles. The zero-order chi connectivity index (χ0) is 17.4. The van der Waals surface area contributed by atoms with Crippen LogP contribution in [0.25, 0.3) is 11.6 Å². The molecule has 0 atom stereocenters. The van der Waals surface area contributed by atoms with Crippen LogP contribution in [-0.4, -0.2) is 24.3 Å². The van der Waals surface area contributed by atoms with Crippen molar-refractivity contribution in [2.75, 3.05) is 13.2 Å². The molecule has 2 rings (SSSR count). The number of hydrogen-bond acceptors (Lipinski definition) is 4. The third kappa shape index (κ3) is 4.86. The van der Waals surface area contributed by atoms with Crippen molar-refractivity contribution in [3.63, 3.8) is 0 Å². The SMILES string of the molecule is CCCCOc1ccc(/C=C(\C(=O)O)c2cccs2)cc1OCC. The number of thiophene rings is 1. The van der Waals surface area contributed by atoms with E-state index in [0.29, 0.717) is 24.7 Å². The first-order valence-electron chi connectivity index (χ1n) is 8.04. The van der Waals surface area contributed by atoms with Gasteiger partial charge in [-0.1, -0.05) is 25.5 Å². The summed E-state index contributed by atoms with van der Waals surface area (Å²) in [4.78, 5) is 12.3. The van der Waals surface area contributed by atoms with Crippen molar-refractivity contribution in [2.45, 2.75) is 26.7 Å². The van der Waals surface area contributed by atoms with Gasteiger partial charge in [-0.05, 0) is 48.6 Å². The van der Waals surface area contributed by atoms with Crippen LogP contribution < -0.4 is 9.47 Å². The Labute approximate surface area is 146 Å². The molecule has 1 aromatic carbocycles. The number of aliphatic carboxylic acids is 1. The predicted molar refractivity (Wildman–Crippen MR) is 97.8 cm³/mol. The lowest BCUT2D eigenvalue weighted by molar-refractivity contribution is -0.130.